The number of ether oxygens (including phenoxy) is 1. The number of para-hydroxylation sites is 1. The average Bonchev–Trinajstić information content (AvgIpc) is 2.48. The van der Waals surface area contributed by atoms with Gasteiger partial charge in [-0.25, -0.2) is 0 Å². The molecule has 5 heteroatoms. The van der Waals surface area contributed by atoms with Gasteiger partial charge >= 0.3 is 0 Å². The van der Waals surface area contributed by atoms with Gasteiger partial charge in [0.1, 0.15) is 12.4 Å². The van der Waals surface area contributed by atoms with Crippen LogP contribution in [0.1, 0.15) is 24.5 Å². The normalized spacial score (nSPS) is 12.2. The van der Waals surface area contributed by atoms with Crippen LogP contribution in [0.3, 0.4) is 0 Å². The summed E-state index contributed by atoms with van der Waals surface area (Å²) in [5.41, 5.74) is 7.92. The Morgan fingerprint density at radius 1 is 1.19 bits per heavy atom. The smallest absolute Gasteiger partial charge is 0.141 e. The van der Waals surface area contributed by atoms with E-state index in [2.05, 4.69) is 11.9 Å². The fraction of sp³-hybridized carbons (Fsp3) is 0.312. The molecule has 0 fully saturated rings. The van der Waals surface area contributed by atoms with Gasteiger partial charge in [-0.1, -0.05) is 42.3 Å². The van der Waals surface area contributed by atoms with E-state index >= 15 is 0 Å². The fourth-order valence-corrected chi connectivity index (χ4v) is 2.40. The molecule has 21 heavy (non-hydrogen) atoms. The second-order valence-corrected chi connectivity index (χ2v) is 5.67. The first-order chi connectivity index (χ1) is 10.1. The van der Waals surface area contributed by atoms with Crippen LogP contribution in [-0.2, 0) is 13.0 Å². The number of aromatic nitrogens is 1. The van der Waals surface area contributed by atoms with Crippen molar-refractivity contribution in [3.8, 4) is 5.75 Å². The minimum Gasteiger partial charge on any atom is -0.487 e. The van der Waals surface area contributed by atoms with Crippen LogP contribution in [0.4, 0.5) is 0 Å². The summed E-state index contributed by atoms with van der Waals surface area (Å²) in [5, 5.41) is 1.16. The van der Waals surface area contributed by atoms with Gasteiger partial charge in [0.05, 0.1) is 10.0 Å². The van der Waals surface area contributed by atoms with Gasteiger partial charge in [-0.2, -0.15) is 0 Å². The molecule has 0 radical (unpaired) electrons. The second-order valence-electron chi connectivity index (χ2n) is 4.86. The van der Waals surface area contributed by atoms with Gasteiger partial charge in [-0.05, 0) is 30.5 Å². The molecule has 0 aliphatic heterocycles. The quantitative estimate of drug-likeness (QED) is 0.864. The van der Waals surface area contributed by atoms with E-state index in [1.165, 1.54) is 0 Å². The van der Waals surface area contributed by atoms with Gasteiger partial charge in [0.15, 0.2) is 0 Å². The molecule has 0 saturated heterocycles. The lowest BCUT2D eigenvalue weighted by atomic mass is 10.0. The van der Waals surface area contributed by atoms with Crippen molar-refractivity contribution >= 4 is 23.2 Å². The van der Waals surface area contributed by atoms with Crippen LogP contribution in [0.2, 0.25) is 10.0 Å². The van der Waals surface area contributed by atoms with Gasteiger partial charge in [0.25, 0.3) is 0 Å². The van der Waals surface area contributed by atoms with E-state index < -0.39 is 0 Å². The summed E-state index contributed by atoms with van der Waals surface area (Å²) in [5.74, 6) is 0.677. The number of nitrogens with zero attached hydrogens (tertiary/aromatic N) is 1. The van der Waals surface area contributed by atoms with Crippen LogP contribution >= 0.6 is 23.2 Å². The number of halogens is 2. The van der Waals surface area contributed by atoms with Crippen molar-refractivity contribution in [2.45, 2.75) is 32.4 Å². The Labute approximate surface area is 135 Å². The molecule has 2 aromatic rings. The molecule has 0 spiro atoms. The van der Waals surface area contributed by atoms with Gasteiger partial charge in [0.2, 0.25) is 0 Å². The van der Waals surface area contributed by atoms with Gasteiger partial charge in [-0.15, -0.1) is 0 Å². The first kappa shape index (κ1) is 16.1. The molecule has 1 aromatic carbocycles. The van der Waals surface area contributed by atoms with Crippen molar-refractivity contribution in [1.82, 2.24) is 4.98 Å². The second kappa shape index (κ2) is 7.64. The third-order valence-corrected chi connectivity index (χ3v) is 3.92. The molecule has 0 aliphatic rings. The third-order valence-electron chi connectivity index (χ3n) is 3.28. The Morgan fingerprint density at radius 3 is 2.71 bits per heavy atom. The molecule has 1 atom stereocenters. The monoisotopic (exact) mass is 324 g/mol. The SMILES string of the molecule is CCC(N)Cc1cccc(Cl)c1OCc1ccncc1Cl. The molecular weight excluding hydrogens is 307 g/mol. The van der Waals surface area contributed by atoms with Crippen LogP contribution in [0.15, 0.2) is 36.7 Å². The maximum absolute atomic E-state index is 6.25. The molecular formula is C16H18Cl2N2O. The number of pyridine rings is 1. The lowest BCUT2D eigenvalue weighted by Crippen LogP contribution is -2.21. The molecule has 0 aliphatic carbocycles. The Bertz CT molecular complexity index is 605. The molecule has 1 heterocycles. The predicted octanol–water partition coefficient (Wildman–Crippen LogP) is 4.25. The van der Waals surface area contributed by atoms with Crippen molar-refractivity contribution in [2.24, 2.45) is 5.73 Å². The van der Waals surface area contributed by atoms with Crippen molar-refractivity contribution in [1.29, 1.82) is 0 Å². The first-order valence-corrected chi connectivity index (χ1v) is 7.61. The number of benzene rings is 1. The van der Waals surface area contributed by atoms with Gasteiger partial charge in [0, 0.05) is 24.0 Å². The summed E-state index contributed by atoms with van der Waals surface area (Å²) in [7, 11) is 0. The Morgan fingerprint density at radius 2 is 2.00 bits per heavy atom. The summed E-state index contributed by atoms with van der Waals surface area (Å²) >= 11 is 12.3. The van der Waals surface area contributed by atoms with Crippen molar-refractivity contribution < 1.29 is 4.74 Å². The van der Waals surface area contributed by atoms with E-state index in [1.807, 2.05) is 24.3 Å². The van der Waals surface area contributed by atoms with Crippen LogP contribution in [0.25, 0.3) is 0 Å². The molecule has 0 saturated carbocycles. The maximum atomic E-state index is 6.25. The zero-order valence-electron chi connectivity index (χ0n) is 11.9. The molecule has 112 valence electrons. The largest absolute Gasteiger partial charge is 0.487 e. The highest BCUT2D eigenvalue weighted by molar-refractivity contribution is 6.32. The number of rotatable bonds is 6. The van der Waals surface area contributed by atoms with Crippen molar-refractivity contribution in [2.75, 3.05) is 0 Å². The highest BCUT2D eigenvalue weighted by Gasteiger charge is 2.12. The fourth-order valence-electron chi connectivity index (χ4n) is 1.97. The molecule has 1 unspecified atom stereocenters. The van der Waals surface area contributed by atoms with E-state index in [4.69, 9.17) is 33.7 Å². The molecule has 0 bridgehead atoms. The number of nitrogens with two attached hydrogens (primary N) is 1. The van der Waals surface area contributed by atoms with Crippen molar-refractivity contribution in [3.05, 3.63) is 57.8 Å². The van der Waals surface area contributed by atoms with Crippen LogP contribution < -0.4 is 10.5 Å². The van der Waals surface area contributed by atoms with Crippen molar-refractivity contribution in [3.63, 3.8) is 0 Å². The standard InChI is InChI=1S/C16H18Cl2N2O/c1-2-13(19)8-11-4-3-5-14(17)16(11)21-10-12-6-7-20-9-15(12)18/h3-7,9,13H,2,8,10,19H2,1H3. The van der Waals surface area contributed by atoms with E-state index in [-0.39, 0.29) is 6.04 Å². The summed E-state index contributed by atoms with van der Waals surface area (Å²) in [6.45, 7) is 2.41. The Hall–Kier alpha value is -1.29. The van der Waals surface area contributed by atoms with E-state index in [0.29, 0.717) is 22.4 Å². The topological polar surface area (TPSA) is 48.1 Å². The zero-order valence-corrected chi connectivity index (χ0v) is 13.4. The van der Waals surface area contributed by atoms with E-state index in [0.717, 1.165) is 24.0 Å². The zero-order chi connectivity index (χ0) is 15.2. The van der Waals surface area contributed by atoms with E-state index in [1.54, 1.807) is 12.4 Å². The molecule has 1 aromatic heterocycles. The summed E-state index contributed by atoms with van der Waals surface area (Å²) in [6.07, 6.45) is 4.92. The number of hydrogen-bond acceptors (Lipinski definition) is 3. The van der Waals surface area contributed by atoms with Crippen LogP contribution in [0.5, 0.6) is 5.75 Å². The summed E-state index contributed by atoms with van der Waals surface area (Å²) in [4.78, 5) is 3.96. The minimum atomic E-state index is 0.0929. The summed E-state index contributed by atoms with van der Waals surface area (Å²) in [6, 6.07) is 7.63. The lowest BCUT2D eigenvalue weighted by Gasteiger charge is -2.16. The van der Waals surface area contributed by atoms with Crippen LogP contribution in [-0.4, -0.2) is 11.0 Å². The highest BCUT2D eigenvalue weighted by Crippen LogP contribution is 2.31. The molecule has 3 nitrogen and oxygen atoms in total. The molecule has 2 rings (SSSR count). The highest BCUT2D eigenvalue weighted by atomic mass is 35.5. The number of hydrogen-bond donors (Lipinski definition) is 1. The van der Waals surface area contributed by atoms with Gasteiger partial charge in [-0.3, -0.25) is 4.98 Å². The van der Waals surface area contributed by atoms with E-state index in [9.17, 15) is 0 Å². The maximum Gasteiger partial charge on any atom is 0.141 e. The lowest BCUT2D eigenvalue weighted by molar-refractivity contribution is 0.302. The molecule has 0 amide bonds. The third kappa shape index (κ3) is 4.34. The molecule has 2 N–H and O–H groups in total. The Balaban J connectivity index is 2.17. The summed E-state index contributed by atoms with van der Waals surface area (Å²) < 4.78 is 5.88. The van der Waals surface area contributed by atoms with Crippen LogP contribution in [0, 0.1) is 0 Å². The predicted molar refractivity (Wildman–Crippen MR) is 87.0 cm³/mol. The first-order valence-electron chi connectivity index (χ1n) is 6.86. The Kier molecular flexibility index (Phi) is 5.85. The van der Waals surface area contributed by atoms with Gasteiger partial charge < -0.3 is 10.5 Å². The average molecular weight is 325 g/mol. The minimum absolute atomic E-state index is 0.0929.